The van der Waals surface area contributed by atoms with Crippen molar-refractivity contribution in [3.8, 4) is 0 Å². The number of hydrogen-bond donors (Lipinski definition) is 0. The van der Waals surface area contributed by atoms with E-state index in [1.807, 2.05) is 19.9 Å². The van der Waals surface area contributed by atoms with Crippen LogP contribution in [0.4, 0.5) is 0 Å². The zero-order chi connectivity index (χ0) is 23.4. The number of carbonyl (C=O) groups is 1. The summed E-state index contributed by atoms with van der Waals surface area (Å²) in [5.41, 5.74) is 1.13. The minimum atomic E-state index is -3.78. The quantitative estimate of drug-likeness (QED) is 0.577. The van der Waals surface area contributed by atoms with Gasteiger partial charge in [0.15, 0.2) is 0 Å². The number of amides is 1. The summed E-state index contributed by atoms with van der Waals surface area (Å²) >= 11 is 0. The SMILES string of the molecule is CCN(CC)C(=O)c1ccc(S(=O)(=O)N2CCN(S(=O)(=O)Cc3ccccc3)CC2)cc1. The Labute approximate surface area is 190 Å². The number of rotatable bonds is 8. The van der Waals surface area contributed by atoms with Gasteiger partial charge in [-0.15, -0.1) is 0 Å². The van der Waals surface area contributed by atoms with E-state index >= 15 is 0 Å². The van der Waals surface area contributed by atoms with Crippen molar-refractivity contribution >= 4 is 26.0 Å². The number of benzene rings is 2. The normalized spacial score (nSPS) is 16.1. The molecule has 174 valence electrons. The Bertz CT molecular complexity index is 1120. The molecule has 1 amide bonds. The van der Waals surface area contributed by atoms with Gasteiger partial charge in [0.2, 0.25) is 20.0 Å². The summed E-state index contributed by atoms with van der Waals surface area (Å²) in [6, 6.07) is 14.8. The topological polar surface area (TPSA) is 95.1 Å². The Balaban J connectivity index is 1.66. The fourth-order valence-electron chi connectivity index (χ4n) is 3.68. The van der Waals surface area contributed by atoms with Crippen LogP contribution in [0, 0.1) is 0 Å². The molecule has 0 atom stereocenters. The molecule has 0 N–H and O–H groups in total. The van der Waals surface area contributed by atoms with Crippen molar-refractivity contribution in [1.29, 1.82) is 0 Å². The highest BCUT2D eigenvalue weighted by Gasteiger charge is 2.33. The molecule has 0 aliphatic carbocycles. The largest absolute Gasteiger partial charge is 0.339 e. The predicted octanol–water partition coefficient (Wildman–Crippen LogP) is 2.00. The summed E-state index contributed by atoms with van der Waals surface area (Å²) in [6.07, 6.45) is 0. The van der Waals surface area contributed by atoms with Gasteiger partial charge >= 0.3 is 0 Å². The minimum absolute atomic E-state index is 0.0798. The standard InChI is InChI=1S/C22H29N3O5S2/c1-3-23(4-2)22(26)20-10-12-21(13-11-20)32(29,30)25-16-14-24(15-17-25)31(27,28)18-19-8-6-5-7-9-19/h5-13H,3-4,14-18H2,1-2H3. The molecule has 32 heavy (non-hydrogen) atoms. The molecule has 1 fully saturated rings. The van der Waals surface area contributed by atoms with Crippen LogP contribution in [0.25, 0.3) is 0 Å². The molecule has 3 rings (SSSR count). The van der Waals surface area contributed by atoms with Gasteiger partial charge in [0, 0.05) is 44.8 Å². The van der Waals surface area contributed by atoms with Gasteiger partial charge in [-0.1, -0.05) is 30.3 Å². The van der Waals surface area contributed by atoms with E-state index in [9.17, 15) is 21.6 Å². The van der Waals surface area contributed by atoms with Crippen molar-refractivity contribution in [1.82, 2.24) is 13.5 Å². The van der Waals surface area contributed by atoms with Crippen LogP contribution in [0.3, 0.4) is 0 Å². The van der Waals surface area contributed by atoms with Gasteiger partial charge in [0.25, 0.3) is 5.91 Å². The lowest BCUT2D eigenvalue weighted by atomic mass is 10.2. The lowest BCUT2D eigenvalue weighted by Crippen LogP contribution is -2.50. The molecule has 10 heteroatoms. The van der Waals surface area contributed by atoms with E-state index in [1.165, 1.54) is 32.9 Å². The Morgan fingerprint density at radius 2 is 1.34 bits per heavy atom. The first-order valence-electron chi connectivity index (χ1n) is 10.6. The van der Waals surface area contributed by atoms with Gasteiger partial charge < -0.3 is 4.90 Å². The Morgan fingerprint density at radius 3 is 1.88 bits per heavy atom. The minimum Gasteiger partial charge on any atom is -0.339 e. The second-order valence-electron chi connectivity index (χ2n) is 7.55. The smallest absolute Gasteiger partial charge is 0.253 e. The molecule has 0 aromatic heterocycles. The molecule has 1 heterocycles. The van der Waals surface area contributed by atoms with E-state index in [4.69, 9.17) is 0 Å². The lowest BCUT2D eigenvalue weighted by molar-refractivity contribution is 0.0773. The van der Waals surface area contributed by atoms with Gasteiger partial charge in [0.05, 0.1) is 10.6 Å². The van der Waals surface area contributed by atoms with E-state index < -0.39 is 20.0 Å². The molecule has 1 aliphatic rings. The van der Waals surface area contributed by atoms with Crippen LogP contribution in [-0.4, -0.2) is 75.5 Å². The van der Waals surface area contributed by atoms with Gasteiger partial charge in [-0.05, 0) is 43.7 Å². The third kappa shape index (κ3) is 5.37. The zero-order valence-corrected chi connectivity index (χ0v) is 20.0. The van der Waals surface area contributed by atoms with Gasteiger partial charge in [0.1, 0.15) is 0 Å². The van der Waals surface area contributed by atoms with Crippen LogP contribution in [-0.2, 0) is 25.8 Å². The van der Waals surface area contributed by atoms with Crippen molar-refractivity contribution < 1.29 is 21.6 Å². The highest BCUT2D eigenvalue weighted by Crippen LogP contribution is 2.21. The molecule has 2 aromatic rings. The summed E-state index contributed by atoms with van der Waals surface area (Å²) in [5, 5.41) is 0. The number of hydrogen-bond acceptors (Lipinski definition) is 5. The van der Waals surface area contributed by atoms with Crippen LogP contribution >= 0.6 is 0 Å². The molecular weight excluding hydrogens is 450 g/mol. The molecule has 0 bridgehead atoms. The van der Waals surface area contributed by atoms with E-state index in [1.54, 1.807) is 29.2 Å². The number of carbonyl (C=O) groups excluding carboxylic acids is 1. The third-order valence-electron chi connectivity index (χ3n) is 5.57. The number of sulfonamides is 2. The summed E-state index contributed by atoms with van der Waals surface area (Å²) in [5.74, 6) is -0.251. The monoisotopic (exact) mass is 479 g/mol. The van der Waals surface area contributed by atoms with E-state index in [0.717, 1.165) is 0 Å². The van der Waals surface area contributed by atoms with Crippen LogP contribution in [0.1, 0.15) is 29.8 Å². The maximum atomic E-state index is 13.0. The van der Waals surface area contributed by atoms with Crippen molar-refractivity contribution in [2.75, 3.05) is 39.3 Å². The average molecular weight is 480 g/mol. The first-order valence-corrected chi connectivity index (χ1v) is 13.6. The average Bonchev–Trinajstić information content (AvgIpc) is 2.80. The number of nitrogens with zero attached hydrogens (tertiary/aromatic N) is 3. The van der Waals surface area contributed by atoms with Gasteiger partial charge in [-0.25, -0.2) is 16.8 Å². The van der Waals surface area contributed by atoms with Gasteiger partial charge in [-0.2, -0.15) is 8.61 Å². The molecule has 0 spiro atoms. The summed E-state index contributed by atoms with van der Waals surface area (Å²) in [4.78, 5) is 14.2. The van der Waals surface area contributed by atoms with Crippen molar-refractivity contribution in [3.05, 3.63) is 65.7 Å². The second-order valence-corrected chi connectivity index (χ2v) is 11.5. The Hall–Kier alpha value is -2.27. The Kier molecular flexibility index (Phi) is 7.71. The maximum absolute atomic E-state index is 13.0. The first kappa shape index (κ1) is 24.4. The van der Waals surface area contributed by atoms with Crippen molar-refractivity contribution in [2.45, 2.75) is 24.5 Å². The maximum Gasteiger partial charge on any atom is 0.253 e. The summed E-state index contributed by atoms with van der Waals surface area (Å²) < 4.78 is 54.1. The molecule has 8 nitrogen and oxygen atoms in total. The third-order valence-corrected chi connectivity index (χ3v) is 9.34. The zero-order valence-electron chi connectivity index (χ0n) is 18.3. The molecule has 0 unspecified atom stereocenters. The van der Waals surface area contributed by atoms with Crippen LogP contribution in [0.5, 0.6) is 0 Å². The summed E-state index contributed by atoms with van der Waals surface area (Å²) in [7, 11) is -7.31. The van der Waals surface area contributed by atoms with Crippen LogP contribution in [0.15, 0.2) is 59.5 Å². The molecule has 0 saturated carbocycles. The molecule has 0 radical (unpaired) electrons. The summed E-state index contributed by atoms with van der Waals surface area (Å²) in [6.45, 7) is 5.30. The molecular formula is C22H29N3O5S2. The fraction of sp³-hybridized carbons (Fsp3) is 0.409. The second kappa shape index (κ2) is 10.1. The van der Waals surface area contributed by atoms with Crippen molar-refractivity contribution in [2.24, 2.45) is 0 Å². The van der Waals surface area contributed by atoms with E-state index in [0.29, 0.717) is 24.2 Å². The number of piperazine rings is 1. The first-order chi connectivity index (χ1) is 15.2. The fourth-order valence-corrected chi connectivity index (χ4v) is 6.61. The highest BCUT2D eigenvalue weighted by atomic mass is 32.2. The van der Waals surface area contributed by atoms with E-state index in [2.05, 4.69) is 0 Å². The predicted molar refractivity (Wildman–Crippen MR) is 123 cm³/mol. The molecule has 1 saturated heterocycles. The van der Waals surface area contributed by atoms with E-state index in [-0.39, 0.29) is 42.7 Å². The van der Waals surface area contributed by atoms with Gasteiger partial charge in [-0.3, -0.25) is 4.79 Å². The van der Waals surface area contributed by atoms with Crippen LogP contribution < -0.4 is 0 Å². The lowest BCUT2D eigenvalue weighted by Gasteiger charge is -2.33. The molecule has 1 aliphatic heterocycles. The molecule has 2 aromatic carbocycles. The van der Waals surface area contributed by atoms with Crippen molar-refractivity contribution in [3.63, 3.8) is 0 Å². The Morgan fingerprint density at radius 1 is 0.812 bits per heavy atom. The highest BCUT2D eigenvalue weighted by molar-refractivity contribution is 7.89. The van der Waals surface area contributed by atoms with Crippen LogP contribution in [0.2, 0.25) is 0 Å².